The minimum absolute atomic E-state index is 0. The zero-order valence-corrected chi connectivity index (χ0v) is 15.6. The number of ketones is 2. The van der Waals surface area contributed by atoms with E-state index >= 15 is 0 Å². The Bertz CT molecular complexity index is 317. The minimum atomic E-state index is -0.125. The molecule has 0 bridgehead atoms. The number of allylic oxidation sites excluding steroid dienone is 4. The molecule has 0 amide bonds. The number of aliphatic hydroxyl groups is 2. The number of nitrogens with zero attached hydrogens (tertiary/aromatic N) is 1. The number of hydrogen-bond acceptors (Lipinski definition) is 6. The standard InChI is InChI=1S/C5H14N2.2C5H8O2.Co/c1-6-4-5-7(2)3;2*1-4(6)3-5(2)7;/h6H,4-5H2,1-3H3;2*3,6H,1-2H3;/q;;;+2/b;2*4-3-;. The second-order valence-electron chi connectivity index (χ2n) is 4.70. The van der Waals surface area contributed by atoms with Gasteiger partial charge in [-0.2, -0.15) is 0 Å². The van der Waals surface area contributed by atoms with Gasteiger partial charge in [0.15, 0.2) is 11.6 Å². The number of nitrogens with one attached hydrogen (secondary N) is 1. The first-order valence-electron chi connectivity index (χ1n) is 6.57. The van der Waals surface area contributed by atoms with Gasteiger partial charge in [-0.3, -0.25) is 9.59 Å². The molecule has 0 heterocycles. The van der Waals surface area contributed by atoms with E-state index in [1.165, 1.54) is 39.8 Å². The average Bonchev–Trinajstić information content (AvgIpc) is 2.23. The molecule has 0 atom stereocenters. The van der Waals surface area contributed by atoms with Crippen molar-refractivity contribution in [2.24, 2.45) is 0 Å². The van der Waals surface area contributed by atoms with Crippen molar-refractivity contribution in [2.75, 3.05) is 34.2 Å². The second kappa shape index (κ2) is 19.8. The fourth-order valence-electron chi connectivity index (χ4n) is 0.924. The average molecular weight is 361 g/mol. The fourth-order valence-corrected chi connectivity index (χ4v) is 0.924. The van der Waals surface area contributed by atoms with Crippen molar-refractivity contribution in [3.05, 3.63) is 23.7 Å². The molecule has 0 unspecified atom stereocenters. The summed E-state index contributed by atoms with van der Waals surface area (Å²) in [6.07, 6.45) is 2.33. The van der Waals surface area contributed by atoms with Crippen LogP contribution in [0.5, 0.6) is 0 Å². The quantitative estimate of drug-likeness (QED) is 0.511. The molecule has 0 aliphatic rings. The van der Waals surface area contributed by atoms with Crippen LogP contribution in [0.2, 0.25) is 0 Å². The predicted molar refractivity (Wildman–Crippen MR) is 86.6 cm³/mol. The van der Waals surface area contributed by atoms with Crippen LogP contribution in [0, 0.1) is 0 Å². The van der Waals surface area contributed by atoms with Crippen molar-refractivity contribution in [1.82, 2.24) is 10.2 Å². The van der Waals surface area contributed by atoms with Crippen molar-refractivity contribution in [2.45, 2.75) is 27.7 Å². The maximum atomic E-state index is 10.0. The van der Waals surface area contributed by atoms with Gasteiger partial charge in [0, 0.05) is 25.2 Å². The zero-order chi connectivity index (χ0) is 17.4. The Hall–Kier alpha value is -1.15. The van der Waals surface area contributed by atoms with E-state index in [9.17, 15) is 9.59 Å². The van der Waals surface area contributed by atoms with E-state index in [1.54, 1.807) is 0 Å². The molecule has 0 saturated heterocycles. The van der Waals surface area contributed by atoms with Gasteiger partial charge in [0.1, 0.15) is 0 Å². The fraction of sp³-hybridized carbons (Fsp3) is 0.600. The molecule has 0 spiro atoms. The van der Waals surface area contributed by atoms with E-state index in [-0.39, 0.29) is 39.9 Å². The first-order chi connectivity index (χ1) is 9.52. The third-order valence-electron chi connectivity index (χ3n) is 1.63. The first kappa shape index (κ1) is 28.9. The van der Waals surface area contributed by atoms with Gasteiger partial charge < -0.3 is 20.4 Å². The van der Waals surface area contributed by atoms with Gasteiger partial charge in [-0.15, -0.1) is 0 Å². The van der Waals surface area contributed by atoms with Crippen molar-refractivity contribution in [1.29, 1.82) is 0 Å². The van der Waals surface area contributed by atoms with Gasteiger partial charge in [0.05, 0.1) is 11.5 Å². The van der Waals surface area contributed by atoms with Crippen molar-refractivity contribution in [3.8, 4) is 0 Å². The van der Waals surface area contributed by atoms with E-state index < -0.39 is 0 Å². The van der Waals surface area contributed by atoms with E-state index in [4.69, 9.17) is 10.2 Å². The molecular weight excluding hydrogens is 331 g/mol. The van der Waals surface area contributed by atoms with Crippen molar-refractivity contribution < 1.29 is 36.6 Å². The number of carbonyl (C=O) groups excluding carboxylic acids is 2. The van der Waals surface area contributed by atoms with Crippen LogP contribution in [0.15, 0.2) is 23.7 Å². The molecule has 22 heavy (non-hydrogen) atoms. The Morgan fingerprint density at radius 1 is 0.955 bits per heavy atom. The van der Waals surface area contributed by atoms with Crippen LogP contribution in [0.4, 0.5) is 0 Å². The summed E-state index contributed by atoms with van der Waals surface area (Å²) in [7, 11) is 6.10. The van der Waals surface area contributed by atoms with Gasteiger partial charge in [-0.1, -0.05) is 0 Å². The van der Waals surface area contributed by atoms with Crippen LogP contribution in [0.1, 0.15) is 27.7 Å². The second-order valence-corrected chi connectivity index (χ2v) is 4.70. The van der Waals surface area contributed by atoms with Crippen LogP contribution in [0.3, 0.4) is 0 Å². The maximum Gasteiger partial charge on any atom is 2.00 e. The molecule has 0 aromatic carbocycles. The largest absolute Gasteiger partial charge is 2.00 e. The van der Waals surface area contributed by atoms with Gasteiger partial charge in [-0.25, -0.2) is 0 Å². The molecule has 0 fully saturated rings. The smallest absolute Gasteiger partial charge is 0.512 e. The Labute approximate surface area is 144 Å². The molecule has 0 saturated carbocycles. The molecule has 7 heteroatoms. The molecule has 0 aromatic heterocycles. The monoisotopic (exact) mass is 361 g/mol. The number of aliphatic hydroxyl groups excluding tert-OH is 2. The van der Waals surface area contributed by atoms with Gasteiger partial charge in [0.2, 0.25) is 0 Å². The summed E-state index contributed by atoms with van der Waals surface area (Å²) in [4.78, 5) is 22.2. The normalized spacial score (nSPS) is 10.5. The molecule has 1 radical (unpaired) electrons. The molecule has 3 N–H and O–H groups in total. The number of hydrogen-bond donors (Lipinski definition) is 3. The Balaban J connectivity index is -0.000000108. The summed E-state index contributed by atoms with van der Waals surface area (Å²) in [5.74, 6) is -0.125. The van der Waals surface area contributed by atoms with Crippen LogP contribution in [-0.4, -0.2) is 60.9 Å². The minimum Gasteiger partial charge on any atom is -0.512 e. The SMILES string of the molecule is CC(=O)/C=C(/C)O.CC(=O)/C=C(/C)O.CNCCN(C)C.[Co+2]. The van der Waals surface area contributed by atoms with E-state index in [0.717, 1.165) is 13.1 Å². The topological polar surface area (TPSA) is 89.9 Å². The van der Waals surface area contributed by atoms with E-state index in [0.29, 0.717) is 0 Å². The van der Waals surface area contributed by atoms with E-state index in [2.05, 4.69) is 24.3 Å². The predicted octanol–water partition coefficient (Wildman–Crippen LogP) is 1.84. The summed E-state index contributed by atoms with van der Waals surface area (Å²) in [6.45, 7) is 7.89. The molecule has 0 aliphatic carbocycles. The Morgan fingerprint density at radius 2 is 1.27 bits per heavy atom. The van der Waals surface area contributed by atoms with Crippen LogP contribution >= 0.6 is 0 Å². The molecule has 131 valence electrons. The van der Waals surface area contributed by atoms with Gasteiger partial charge in [-0.05, 0) is 48.8 Å². The maximum absolute atomic E-state index is 10.0. The number of carbonyl (C=O) groups is 2. The Kier molecular flexibility index (Phi) is 26.1. The summed E-state index contributed by atoms with van der Waals surface area (Å²) in [5.41, 5.74) is 0. The van der Waals surface area contributed by atoms with Crippen molar-refractivity contribution in [3.63, 3.8) is 0 Å². The number of rotatable bonds is 5. The summed E-state index contributed by atoms with van der Waals surface area (Å²) in [6, 6.07) is 0. The van der Waals surface area contributed by atoms with Crippen LogP contribution in [-0.2, 0) is 26.4 Å². The van der Waals surface area contributed by atoms with Crippen LogP contribution in [0.25, 0.3) is 0 Å². The van der Waals surface area contributed by atoms with E-state index in [1.807, 2.05) is 7.05 Å². The first-order valence-corrected chi connectivity index (χ1v) is 6.57. The van der Waals surface area contributed by atoms with Crippen molar-refractivity contribution >= 4 is 11.6 Å². The van der Waals surface area contributed by atoms with Gasteiger partial charge in [0.25, 0.3) is 0 Å². The third-order valence-corrected chi connectivity index (χ3v) is 1.63. The zero-order valence-electron chi connectivity index (χ0n) is 14.6. The molecule has 0 aliphatic heterocycles. The molecular formula is C15H30CoN2O4+2. The van der Waals surface area contributed by atoms with Gasteiger partial charge >= 0.3 is 16.8 Å². The third kappa shape index (κ3) is 51.0. The summed E-state index contributed by atoms with van der Waals surface area (Å²) < 4.78 is 0. The summed E-state index contributed by atoms with van der Waals surface area (Å²) >= 11 is 0. The Morgan fingerprint density at radius 3 is 1.32 bits per heavy atom. The molecule has 0 rings (SSSR count). The summed E-state index contributed by atoms with van der Waals surface area (Å²) in [5, 5.41) is 19.8. The molecule has 6 nitrogen and oxygen atoms in total. The number of likely N-dealkylation sites (N-methyl/N-ethyl adjacent to an activating group) is 2. The molecule has 0 aromatic rings. The van der Waals surface area contributed by atoms with Crippen LogP contribution < -0.4 is 5.32 Å².